The Morgan fingerprint density at radius 2 is 1.79 bits per heavy atom. The van der Waals surface area contributed by atoms with Crippen LogP contribution in [0.5, 0.6) is 0 Å². The Labute approximate surface area is 148 Å². The number of nitrogens with zero attached hydrogens (tertiary/aromatic N) is 1. The van der Waals surface area contributed by atoms with E-state index in [1.807, 2.05) is 19.1 Å². The maximum atomic E-state index is 12.2. The van der Waals surface area contributed by atoms with Crippen LogP contribution in [0, 0.1) is 6.92 Å². The number of rotatable bonds is 5. The third-order valence-electron chi connectivity index (χ3n) is 3.21. The summed E-state index contributed by atoms with van der Waals surface area (Å²) in [7, 11) is 0. The minimum Gasteiger partial charge on any atom is -0.465 e. The summed E-state index contributed by atoms with van der Waals surface area (Å²) in [6.07, 6.45) is -1.16. The van der Waals surface area contributed by atoms with E-state index < -0.39 is 12.0 Å². The van der Waals surface area contributed by atoms with Crippen molar-refractivity contribution in [2.75, 3.05) is 0 Å². The lowest BCUT2D eigenvalue weighted by Gasteiger charge is -2.08. The van der Waals surface area contributed by atoms with Crippen LogP contribution >= 0.6 is 23.2 Å². The molecule has 0 radical (unpaired) electrons. The van der Waals surface area contributed by atoms with E-state index in [1.54, 1.807) is 6.07 Å². The summed E-state index contributed by atoms with van der Waals surface area (Å²) in [5.74, 6) is -0.401. The van der Waals surface area contributed by atoms with E-state index >= 15 is 0 Å². The Morgan fingerprint density at radius 3 is 2.46 bits per heavy atom. The molecule has 0 aliphatic heterocycles. The number of aryl methyl sites for hydroxylation is 1. The monoisotopic (exact) mass is 367 g/mol. The zero-order valence-corrected chi connectivity index (χ0v) is 14.3. The van der Waals surface area contributed by atoms with Crippen molar-refractivity contribution in [3.8, 4) is 0 Å². The van der Waals surface area contributed by atoms with Gasteiger partial charge in [0.2, 0.25) is 0 Å². The van der Waals surface area contributed by atoms with Gasteiger partial charge in [0.15, 0.2) is 0 Å². The predicted octanol–water partition coefficient (Wildman–Crippen LogP) is 3.39. The molecule has 8 heteroatoms. The van der Waals surface area contributed by atoms with E-state index in [0.29, 0.717) is 17.1 Å². The number of halogens is 2. The molecule has 3 N–H and O–H groups in total. The number of carboxylic acid groups (broad SMARTS) is 1. The van der Waals surface area contributed by atoms with E-state index in [-0.39, 0.29) is 17.4 Å². The summed E-state index contributed by atoms with van der Waals surface area (Å²) in [6.45, 7) is 2.23. The molecule has 0 spiro atoms. The smallest absolute Gasteiger partial charge is 0.404 e. The topological polar surface area (TPSA) is 91.3 Å². The van der Waals surface area contributed by atoms with E-state index in [4.69, 9.17) is 28.3 Å². The maximum absolute atomic E-state index is 12.2. The number of hydrogen-bond donors (Lipinski definition) is 3. The molecule has 0 atom stereocenters. The molecule has 0 aliphatic carbocycles. The summed E-state index contributed by atoms with van der Waals surface area (Å²) in [5.41, 5.74) is 2.49. The highest BCUT2D eigenvalue weighted by molar-refractivity contribution is 6.31. The van der Waals surface area contributed by atoms with Crippen molar-refractivity contribution in [2.24, 2.45) is 0 Å². The fourth-order valence-corrected chi connectivity index (χ4v) is 2.38. The maximum Gasteiger partial charge on any atom is 0.404 e. The summed E-state index contributed by atoms with van der Waals surface area (Å²) in [4.78, 5) is 26.7. The molecule has 2 aromatic rings. The predicted molar refractivity (Wildman–Crippen MR) is 91.5 cm³/mol. The number of benzene rings is 1. The number of amides is 2. The lowest BCUT2D eigenvalue weighted by Crippen LogP contribution is -2.25. The number of pyridine rings is 1. The highest BCUT2D eigenvalue weighted by Gasteiger charge is 2.11. The fraction of sp³-hybridized carbons (Fsp3) is 0.188. The highest BCUT2D eigenvalue weighted by Crippen LogP contribution is 2.16. The van der Waals surface area contributed by atoms with Crippen LogP contribution in [0.25, 0.3) is 0 Å². The van der Waals surface area contributed by atoms with Gasteiger partial charge in [-0.3, -0.25) is 4.79 Å². The van der Waals surface area contributed by atoms with Crippen molar-refractivity contribution in [2.45, 2.75) is 20.0 Å². The highest BCUT2D eigenvalue weighted by atomic mass is 35.5. The minimum atomic E-state index is -1.16. The van der Waals surface area contributed by atoms with Gasteiger partial charge in [-0.05, 0) is 41.8 Å². The number of hydrogen-bond acceptors (Lipinski definition) is 3. The molecule has 0 saturated heterocycles. The molecule has 0 fully saturated rings. The van der Waals surface area contributed by atoms with Crippen LogP contribution in [0.1, 0.15) is 27.2 Å². The summed E-state index contributed by atoms with van der Waals surface area (Å²) >= 11 is 11.9. The van der Waals surface area contributed by atoms with Gasteiger partial charge in [0.05, 0.1) is 0 Å². The first-order valence-corrected chi connectivity index (χ1v) is 7.77. The van der Waals surface area contributed by atoms with Crippen LogP contribution in [-0.2, 0) is 13.1 Å². The summed E-state index contributed by atoms with van der Waals surface area (Å²) < 4.78 is 0. The quantitative estimate of drug-likeness (QED) is 0.706. The second-order valence-corrected chi connectivity index (χ2v) is 5.90. The van der Waals surface area contributed by atoms with Gasteiger partial charge in [0.25, 0.3) is 5.91 Å². The fourth-order valence-electron chi connectivity index (χ4n) is 2.04. The molecule has 24 heavy (non-hydrogen) atoms. The van der Waals surface area contributed by atoms with Crippen LogP contribution in [0.3, 0.4) is 0 Å². The van der Waals surface area contributed by atoms with Crippen molar-refractivity contribution < 1.29 is 14.7 Å². The van der Waals surface area contributed by atoms with Crippen LogP contribution in [0.4, 0.5) is 4.79 Å². The Bertz CT molecular complexity index is 781. The summed E-state index contributed by atoms with van der Waals surface area (Å²) in [6, 6.07) is 8.46. The molecule has 1 aromatic heterocycles. The third-order valence-corrected chi connectivity index (χ3v) is 3.82. The molecule has 0 aliphatic rings. The third kappa shape index (κ3) is 5.11. The Hall–Kier alpha value is -2.31. The lowest BCUT2D eigenvalue weighted by molar-refractivity contribution is 0.0945. The van der Waals surface area contributed by atoms with Crippen molar-refractivity contribution in [3.63, 3.8) is 0 Å². The van der Waals surface area contributed by atoms with E-state index in [1.165, 1.54) is 12.1 Å². The van der Waals surface area contributed by atoms with Gasteiger partial charge in [-0.2, -0.15) is 0 Å². The van der Waals surface area contributed by atoms with Gasteiger partial charge in [-0.1, -0.05) is 35.3 Å². The zero-order valence-electron chi connectivity index (χ0n) is 12.8. The number of carbonyl (C=O) groups excluding carboxylic acids is 1. The normalized spacial score (nSPS) is 10.3. The molecular weight excluding hydrogens is 353 g/mol. The van der Waals surface area contributed by atoms with Crippen molar-refractivity contribution >= 4 is 35.2 Å². The lowest BCUT2D eigenvalue weighted by atomic mass is 10.1. The second kappa shape index (κ2) is 7.99. The molecule has 0 bridgehead atoms. The van der Waals surface area contributed by atoms with Crippen molar-refractivity contribution in [1.29, 1.82) is 0 Å². The van der Waals surface area contributed by atoms with Gasteiger partial charge in [-0.25, -0.2) is 9.78 Å². The number of aromatic nitrogens is 1. The molecule has 0 saturated carbocycles. The van der Waals surface area contributed by atoms with Crippen molar-refractivity contribution in [1.82, 2.24) is 15.6 Å². The second-order valence-electron chi connectivity index (χ2n) is 5.11. The SMILES string of the molecule is Cc1cc(CNC(=O)c2cc(CNC(=O)O)cc(Cl)n2)ccc1Cl. The van der Waals surface area contributed by atoms with E-state index in [0.717, 1.165) is 11.1 Å². The zero-order chi connectivity index (χ0) is 17.7. The van der Waals surface area contributed by atoms with E-state index in [2.05, 4.69) is 15.6 Å². The summed E-state index contributed by atoms with van der Waals surface area (Å²) in [5, 5.41) is 14.4. The first-order chi connectivity index (χ1) is 11.3. The van der Waals surface area contributed by atoms with Gasteiger partial charge in [0.1, 0.15) is 10.8 Å². The number of carbonyl (C=O) groups is 2. The Balaban J connectivity index is 2.05. The molecule has 6 nitrogen and oxygen atoms in total. The minimum absolute atomic E-state index is 0.0359. The van der Waals surface area contributed by atoms with Crippen LogP contribution in [-0.4, -0.2) is 22.1 Å². The number of nitrogens with one attached hydrogen (secondary N) is 2. The standard InChI is InChI=1S/C16H15Cl2N3O3/c1-9-4-10(2-3-12(9)17)7-19-15(22)13-5-11(6-14(18)21-13)8-20-16(23)24/h2-6,20H,7-8H2,1H3,(H,19,22)(H,23,24). The molecule has 0 unspecified atom stereocenters. The van der Waals surface area contributed by atoms with E-state index in [9.17, 15) is 9.59 Å². The molecular formula is C16H15Cl2N3O3. The first kappa shape index (κ1) is 18.0. The molecule has 2 amide bonds. The molecule has 1 aromatic carbocycles. The molecule has 2 rings (SSSR count). The largest absolute Gasteiger partial charge is 0.465 e. The molecule has 1 heterocycles. The van der Waals surface area contributed by atoms with Gasteiger partial charge >= 0.3 is 6.09 Å². The van der Waals surface area contributed by atoms with Gasteiger partial charge in [-0.15, -0.1) is 0 Å². The van der Waals surface area contributed by atoms with Crippen LogP contribution in [0.15, 0.2) is 30.3 Å². The average Bonchev–Trinajstić information content (AvgIpc) is 2.53. The van der Waals surface area contributed by atoms with Gasteiger partial charge in [0, 0.05) is 18.1 Å². The van der Waals surface area contributed by atoms with Crippen LogP contribution in [0.2, 0.25) is 10.2 Å². The van der Waals surface area contributed by atoms with Crippen LogP contribution < -0.4 is 10.6 Å². The first-order valence-electron chi connectivity index (χ1n) is 7.01. The van der Waals surface area contributed by atoms with Crippen molar-refractivity contribution in [3.05, 3.63) is 62.9 Å². The Morgan fingerprint density at radius 1 is 1.08 bits per heavy atom. The Kier molecular flexibility index (Phi) is 6.00. The molecule has 126 valence electrons. The average molecular weight is 368 g/mol. The van der Waals surface area contributed by atoms with Gasteiger partial charge < -0.3 is 15.7 Å².